The van der Waals surface area contributed by atoms with Gasteiger partial charge in [-0.2, -0.15) is 5.10 Å². The van der Waals surface area contributed by atoms with Crippen molar-refractivity contribution in [2.45, 2.75) is 32.6 Å². The number of benzene rings is 1. The summed E-state index contributed by atoms with van der Waals surface area (Å²) in [5.41, 5.74) is 4.21. The Bertz CT molecular complexity index is 879. The Kier molecular flexibility index (Phi) is 5.69. The number of hydrogen-bond acceptors (Lipinski definition) is 5. The lowest BCUT2D eigenvalue weighted by Crippen LogP contribution is -2.21. The second kappa shape index (κ2) is 8.54. The van der Waals surface area contributed by atoms with Gasteiger partial charge in [0.25, 0.3) is 0 Å². The summed E-state index contributed by atoms with van der Waals surface area (Å²) in [5, 5.41) is 17.7. The fourth-order valence-electron chi connectivity index (χ4n) is 3.71. The van der Waals surface area contributed by atoms with Crippen LogP contribution in [0.3, 0.4) is 0 Å². The van der Waals surface area contributed by atoms with E-state index in [1.165, 1.54) is 5.56 Å². The van der Waals surface area contributed by atoms with Gasteiger partial charge in [-0.3, -0.25) is 15.0 Å². The van der Waals surface area contributed by atoms with Crippen LogP contribution >= 0.6 is 0 Å². The minimum absolute atomic E-state index is 0.226. The third-order valence-electron chi connectivity index (χ3n) is 5.15. The standard InChI is InChI=1S/C22H26N4O2/c1-16-10-20(25-24-16)11-18-13-26(14-22(18)27)12-17-5-7-21(8-6-17)28-15-19-4-2-3-9-23-19/h2-10,18,22,27H,11-15H2,1H3,(H,24,25). The van der Waals surface area contributed by atoms with E-state index in [2.05, 4.69) is 38.3 Å². The van der Waals surface area contributed by atoms with Gasteiger partial charge in [0.05, 0.1) is 17.5 Å². The number of aromatic nitrogens is 3. The van der Waals surface area contributed by atoms with Crippen LogP contribution in [0.15, 0.2) is 54.7 Å². The van der Waals surface area contributed by atoms with Gasteiger partial charge in [-0.05, 0) is 49.2 Å². The molecule has 2 aromatic heterocycles. The van der Waals surface area contributed by atoms with E-state index in [0.29, 0.717) is 13.2 Å². The zero-order valence-corrected chi connectivity index (χ0v) is 16.1. The Morgan fingerprint density at radius 3 is 2.71 bits per heavy atom. The minimum Gasteiger partial charge on any atom is -0.487 e. The summed E-state index contributed by atoms with van der Waals surface area (Å²) in [6.45, 7) is 4.87. The van der Waals surface area contributed by atoms with Gasteiger partial charge < -0.3 is 9.84 Å². The monoisotopic (exact) mass is 378 g/mol. The minimum atomic E-state index is -0.307. The van der Waals surface area contributed by atoms with Crippen molar-refractivity contribution in [3.8, 4) is 5.75 Å². The van der Waals surface area contributed by atoms with Crippen molar-refractivity contribution in [1.82, 2.24) is 20.1 Å². The van der Waals surface area contributed by atoms with Gasteiger partial charge in [-0.1, -0.05) is 18.2 Å². The Balaban J connectivity index is 1.28. The number of H-pyrrole nitrogens is 1. The lowest BCUT2D eigenvalue weighted by Gasteiger charge is -2.16. The molecular formula is C22H26N4O2. The number of nitrogens with one attached hydrogen (secondary N) is 1. The predicted molar refractivity (Wildman–Crippen MR) is 107 cm³/mol. The number of β-amino-alcohol motifs (C(OH)–C–C–N with tert-alkyl or cyclic N) is 1. The van der Waals surface area contributed by atoms with Crippen LogP contribution in [0, 0.1) is 12.8 Å². The van der Waals surface area contributed by atoms with Crippen LogP contribution < -0.4 is 4.74 Å². The highest BCUT2D eigenvalue weighted by atomic mass is 16.5. The Morgan fingerprint density at radius 2 is 2.00 bits per heavy atom. The van der Waals surface area contributed by atoms with E-state index in [1.807, 2.05) is 37.3 Å². The lowest BCUT2D eigenvalue weighted by molar-refractivity contribution is 0.140. The third-order valence-corrected chi connectivity index (χ3v) is 5.15. The largest absolute Gasteiger partial charge is 0.487 e. The molecule has 1 aliphatic rings. The summed E-state index contributed by atoms with van der Waals surface area (Å²) in [6, 6.07) is 16.0. The number of aliphatic hydroxyl groups excluding tert-OH is 1. The van der Waals surface area contributed by atoms with Gasteiger partial charge in [0.15, 0.2) is 0 Å². The number of aromatic amines is 1. The van der Waals surface area contributed by atoms with E-state index in [9.17, 15) is 5.11 Å². The summed E-state index contributed by atoms with van der Waals surface area (Å²) in [6.07, 6.45) is 2.27. The molecule has 1 saturated heterocycles. The maximum atomic E-state index is 10.4. The van der Waals surface area contributed by atoms with E-state index in [1.54, 1.807) is 6.20 Å². The maximum Gasteiger partial charge on any atom is 0.130 e. The molecule has 0 saturated carbocycles. The number of ether oxygens (including phenoxy) is 1. The molecular weight excluding hydrogens is 352 g/mol. The second-order valence-electron chi connectivity index (χ2n) is 7.52. The van der Waals surface area contributed by atoms with E-state index in [0.717, 1.165) is 42.3 Å². The zero-order chi connectivity index (χ0) is 19.3. The molecule has 6 nitrogen and oxygen atoms in total. The normalized spacial score (nSPS) is 19.8. The first kappa shape index (κ1) is 18.7. The molecule has 1 aromatic carbocycles. The number of aliphatic hydroxyl groups is 1. The Labute approximate surface area is 165 Å². The van der Waals surface area contributed by atoms with E-state index in [4.69, 9.17) is 4.74 Å². The number of rotatable bonds is 7. The zero-order valence-electron chi connectivity index (χ0n) is 16.1. The SMILES string of the molecule is Cc1cc(CC2CN(Cc3ccc(OCc4ccccn4)cc3)CC2O)n[nH]1. The maximum absolute atomic E-state index is 10.4. The highest BCUT2D eigenvalue weighted by Gasteiger charge is 2.31. The molecule has 2 N–H and O–H groups in total. The molecule has 0 spiro atoms. The highest BCUT2D eigenvalue weighted by molar-refractivity contribution is 5.27. The molecule has 0 bridgehead atoms. The van der Waals surface area contributed by atoms with Crippen molar-refractivity contribution in [3.63, 3.8) is 0 Å². The molecule has 0 radical (unpaired) electrons. The average molecular weight is 378 g/mol. The van der Waals surface area contributed by atoms with Gasteiger partial charge in [0.1, 0.15) is 12.4 Å². The smallest absolute Gasteiger partial charge is 0.130 e. The van der Waals surface area contributed by atoms with E-state index < -0.39 is 0 Å². The Morgan fingerprint density at radius 1 is 1.14 bits per heavy atom. The Hall–Kier alpha value is -2.70. The summed E-state index contributed by atoms with van der Waals surface area (Å²) >= 11 is 0. The lowest BCUT2D eigenvalue weighted by atomic mass is 10.0. The molecule has 1 fully saturated rings. The molecule has 1 aliphatic heterocycles. The molecule has 0 aliphatic carbocycles. The second-order valence-corrected chi connectivity index (χ2v) is 7.52. The van der Waals surface area contributed by atoms with Gasteiger partial charge in [-0.25, -0.2) is 0 Å². The predicted octanol–water partition coefficient (Wildman–Crippen LogP) is 2.73. The molecule has 2 atom stereocenters. The van der Waals surface area contributed by atoms with Crippen molar-refractivity contribution in [3.05, 3.63) is 77.4 Å². The van der Waals surface area contributed by atoms with Crippen LogP contribution in [0.2, 0.25) is 0 Å². The van der Waals surface area contributed by atoms with Gasteiger partial charge >= 0.3 is 0 Å². The molecule has 4 rings (SSSR count). The molecule has 146 valence electrons. The molecule has 3 heterocycles. The van der Waals surface area contributed by atoms with Crippen LogP contribution in [-0.2, 0) is 19.6 Å². The molecule has 2 unspecified atom stereocenters. The third kappa shape index (κ3) is 4.77. The quantitative estimate of drug-likeness (QED) is 0.661. The number of nitrogens with zero attached hydrogens (tertiary/aromatic N) is 3. The van der Waals surface area contributed by atoms with Gasteiger partial charge in [0, 0.05) is 37.4 Å². The fourth-order valence-corrected chi connectivity index (χ4v) is 3.71. The van der Waals surface area contributed by atoms with E-state index in [-0.39, 0.29) is 12.0 Å². The molecule has 6 heteroatoms. The van der Waals surface area contributed by atoms with E-state index >= 15 is 0 Å². The first-order chi connectivity index (χ1) is 13.7. The fraction of sp³-hybridized carbons (Fsp3) is 0.364. The van der Waals surface area contributed by atoms with Crippen LogP contribution in [0.25, 0.3) is 0 Å². The van der Waals surface area contributed by atoms with Gasteiger partial charge in [-0.15, -0.1) is 0 Å². The summed E-state index contributed by atoms with van der Waals surface area (Å²) in [7, 11) is 0. The van der Waals surface area contributed by atoms with Gasteiger partial charge in [0.2, 0.25) is 0 Å². The summed E-state index contributed by atoms with van der Waals surface area (Å²) in [4.78, 5) is 6.57. The first-order valence-electron chi connectivity index (χ1n) is 9.68. The molecule has 3 aromatic rings. The van der Waals surface area contributed by atoms with Crippen LogP contribution in [0.1, 0.15) is 22.6 Å². The van der Waals surface area contributed by atoms with Crippen molar-refractivity contribution in [1.29, 1.82) is 0 Å². The van der Waals surface area contributed by atoms with Crippen molar-refractivity contribution < 1.29 is 9.84 Å². The number of pyridine rings is 1. The topological polar surface area (TPSA) is 74.3 Å². The number of hydrogen-bond donors (Lipinski definition) is 2. The summed E-state index contributed by atoms with van der Waals surface area (Å²) < 4.78 is 5.79. The summed E-state index contributed by atoms with van der Waals surface area (Å²) in [5.74, 6) is 1.06. The molecule has 0 amide bonds. The highest BCUT2D eigenvalue weighted by Crippen LogP contribution is 2.23. The van der Waals surface area contributed by atoms with Crippen molar-refractivity contribution >= 4 is 0 Å². The van der Waals surface area contributed by atoms with Crippen LogP contribution in [-0.4, -0.2) is 44.4 Å². The average Bonchev–Trinajstić information content (AvgIpc) is 3.27. The van der Waals surface area contributed by atoms with Crippen molar-refractivity contribution in [2.24, 2.45) is 5.92 Å². The molecule has 28 heavy (non-hydrogen) atoms. The number of aryl methyl sites for hydroxylation is 1. The van der Waals surface area contributed by atoms with Crippen LogP contribution in [0.5, 0.6) is 5.75 Å². The van der Waals surface area contributed by atoms with Crippen molar-refractivity contribution in [2.75, 3.05) is 13.1 Å². The van der Waals surface area contributed by atoms with Crippen LogP contribution in [0.4, 0.5) is 0 Å². The first-order valence-corrected chi connectivity index (χ1v) is 9.68. The number of likely N-dealkylation sites (tertiary alicyclic amines) is 1.